The fraction of sp³-hybridized carbons (Fsp3) is 0.231. The molecule has 170 valence electrons. The van der Waals surface area contributed by atoms with Gasteiger partial charge in [-0.1, -0.05) is 30.3 Å². The van der Waals surface area contributed by atoms with Gasteiger partial charge in [-0.2, -0.15) is 5.10 Å². The Morgan fingerprint density at radius 2 is 1.79 bits per heavy atom. The molecule has 2 heterocycles. The molecule has 4 rings (SSSR count). The van der Waals surface area contributed by atoms with Crippen molar-refractivity contribution >= 4 is 27.5 Å². The van der Waals surface area contributed by atoms with Gasteiger partial charge in [-0.15, -0.1) is 0 Å². The number of nitrogens with one attached hydrogen (secondary N) is 1. The topological polar surface area (TPSA) is 69.3 Å². The Morgan fingerprint density at radius 1 is 1.06 bits per heavy atom. The second kappa shape index (κ2) is 9.67. The van der Waals surface area contributed by atoms with Gasteiger partial charge in [-0.05, 0) is 84.6 Å². The predicted molar refractivity (Wildman–Crippen MR) is 132 cm³/mol. The quantitative estimate of drug-likeness (QED) is 0.316. The molecule has 0 radical (unpaired) electrons. The molecule has 0 unspecified atom stereocenters. The van der Waals surface area contributed by atoms with Gasteiger partial charge in [0.1, 0.15) is 18.1 Å². The van der Waals surface area contributed by atoms with E-state index in [4.69, 9.17) is 9.15 Å². The summed E-state index contributed by atoms with van der Waals surface area (Å²) in [4.78, 5) is 12.7. The normalized spacial score (nSPS) is 10.9. The Labute approximate surface area is 201 Å². The number of nitrogens with zero attached hydrogens (tertiary/aromatic N) is 2. The summed E-state index contributed by atoms with van der Waals surface area (Å²) in [5.41, 5.74) is 5.87. The van der Waals surface area contributed by atoms with Crippen LogP contribution in [0, 0.1) is 27.7 Å². The molecule has 0 aliphatic rings. The number of furan rings is 1. The standard InChI is InChI=1S/C26H26BrN3O3/c1-16-7-5-8-17(2)25(16)32-15-22-11-12-23(33-22)26(31)28-21-10-6-9-20(13-21)14-30-19(4)24(27)18(3)29-30/h5-13H,14-15H2,1-4H3,(H,28,31). The van der Waals surface area contributed by atoms with Crippen molar-refractivity contribution in [1.29, 1.82) is 0 Å². The molecule has 33 heavy (non-hydrogen) atoms. The summed E-state index contributed by atoms with van der Waals surface area (Å²) in [6.07, 6.45) is 0. The summed E-state index contributed by atoms with van der Waals surface area (Å²) in [6, 6.07) is 17.2. The van der Waals surface area contributed by atoms with Crippen LogP contribution in [0.4, 0.5) is 5.69 Å². The summed E-state index contributed by atoms with van der Waals surface area (Å²) in [6.45, 7) is 8.87. The number of hydrogen-bond donors (Lipinski definition) is 1. The molecule has 2 aromatic heterocycles. The van der Waals surface area contributed by atoms with Crippen LogP contribution in [-0.2, 0) is 13.2 Å². The molecule has 0 aliphatic heterocycles. The SMILES string of the molecule is Cc1cccc(C)c1OCc1ccc(C(=O)Nc2cccc(Cn3nc(C)c(Br)c3C)c2)o1. The predicted octanol–water partition coefficient (Wildman–Crippen LogP) is 6.35. The number of rotatable bonds is 7. The molecule has 0 aliphatic carbocycles. The highest BCUT2D eigenvalue weighted by Gasteiger charge is 2.14. The molecule has 0 spiro atoms. The third kappa shape index (κ3) is 5.20. The molecule has 0 fully saturated rings. The molecular weight excluding hydrogens is 482 g/mol. The fourth-order valence-electron chi connectivity index (χ4n) is 3.69. The molecular formula is C26H26BrN3O3. The van der Waals surface area contributed by atoms with Crippen molar-refractivity contribution in [2.24, 2.45) is 0 Å². The number of hydrogen-bond acceptors (Lipinski definition) is 4. The van der Waals surface area contributed by atoms with Crippen molar-refractivity contribution in [3.05, 3.63) is 98.7 Å². The van der Waals surface area contributed by atoms with Crippen LogP contribution in [0.25, 0.3) is 0 Å². The van der Waals surface area contributed by atoms with Crippen molar-refractivity contribution in [3.63, 3.8) is 0 Å². The summed E-state index contributed by atoms with van der Waals surface area (Å²) in [7, 11) is 0. The molecule has 1 N–H and O–H groups in total. The van der Waals surface area contributed by atoms with Gasteiger partial charge in [-0.25, -0.2) is 0 Å². The number of halogens is 1. The van der Waals surface area contributed by atoms with Crippen LogP contribution >= 0.6 is 15.9 Å². The van der Waals surface area contributed by atoms with E-state index in [0.29, 0.717) is 18.0 Å². The first kappa shape index (κ1) is 22.9. The van der Waals surface area contributed by atoms with Gasteiger partial charge in [0.25, 0.3) is 5.91 Å². The Bertz CT molecular complexity index is 1290. The minimum atomic E-state index is -0.306. The lowest BCUT2D eigenvalue weighted by atomic mass is 10.1. The maximum absolute atomic E-state index is 12.7. The van der Waals surface area contributed by atoms with Crippen molar-refractivity contribution in [1.82, 2.24) is 9.78 Å². The van der Waals surface area contributed by atoms with Crippen LogP contribution in [0.1, 0.15) is 44.4 Å². The van der Waals surface area contributed by atoms with E-state index in [1.165, 1.54) is 0 Å². The highest BCUT2D eigenvalue weighted by Crippen LogP contribution is 2.24. The smallest absolute Gasteiger partial charge is 0.291 e. The second-order valence-electron chi connectivity index (χ2n) is 8.07. The molecule has 4 aromatic rings. The molecule has 0 saturated heterocycles. The molecule has 1 amide bonds. The monoisotopic (exact) mass is 507 g/mol. The van der Waals surface area contributed by atoms with Gasteiger partial charge in [0.15, 0.2) is 5.76 Å². The molecule has 6 nitrogen and oxygen atoms in total. The highest BCUT2D eigenvalue weighted by molar-refractivity contribution is 9.10. The van der Waals surface area contributed by atoms with Crippen LogP contribution in [0.2, 0.25) is 0 Å². The van der Waals surface area contributed by atoms with E-state index in [9.17, 15) is 4.79 Å². The van der Waals surface area contributed by atoms with Gasteiger partial charge < -0.3 is 14.5 Å². The highest BCUT2D eigenvalue weighted by atomic mass is 79.9. The summed E-state index contributed by atoms with van der Waals surface area (Å²) in [5, 5.41) is 7.46. The van der Waals surface area contributed by atoms with E-state index in [2.05, 4.69) is 26.3 Å². The lowest BCUT2D eigenvalue weighted by Crippen LogP contribution is -2.11. The van der Waals surface area contributed by atoms with Gasteiger partial charge >= 0.3 is 0 Å². The van der Waals surface area contributed by atoms with E-state index in [1.54, 1.807) is 12.1 Å². The number of carbonyl (C=O) groups is 1. The number of aromatic nitrogens is 2. The summed E-state index contributed by atoms with van der Waals surface area (Å²) < 4.78 is 14.6. The Kier molecular flexibility index (Phi) is 6.70. The maximum atomic E-state index is 12.7. The van der Waals surface area contributed by atoms with E-state index in [0.717, 1.165) is 38.3 Å². The van der Waals surface area contributed by atoms with E-state index in [1.807, 2.05) is 74.8 Å². The zero-order valence-electron chi connectivity index (χ0n) is 19.1. The minimum Gasteiger partial charge on any atom is -0.485 e. The van der Waals surface area contributed by atoms with Crippen LogP contribution in [0.3, 0.4) is 0 Å². The zero-order chi connectivity index (χ0) is 23.5. The Balaban J connectivity index is 1.40. The van der Waals surface area contributed by atoms with Crippen LogP contribution in [0.5, 0.6) is 5.75 Å². The van der Waals surface area contributed by atoms with Crippen molar-refractivity contribution in [2.45, 2.75) is 40.8 Å². The maximum Gasteiger partial charge on any atom is 0.291 e. The number of amides is 1. The number of ether oxygens (including phenoxy) is 1. The Hall–Kier alpha value is -3.32. The average molecular weight is 508 g/mol. The molecule has 0 bridgehead atoms. The van der Waals surface area contributed by atoms with Crippen LogP contribution in [-0.4, -0.2) is 15.7 Å². The molecule has 2 aromatic carbocycles. The van der Waals surface area contributed by atoms with E-state index >= 15 is 0 Å². The molecule has 7 heteroatoms. The number of para-hydroxylation sites is 1. The van der Waals surface area contributed by atoms with Gasteiger partial charge in [0.05, 0.1) is 22.4 Å². The number of carbonyl (C=O) groups excluding carboxylic acids is 1. The average Bonchev–Trinajstić information content (AvgIpc) is 3.35. The summed E-state index contributed by atoms with van der Waals surface area (Å²) in [5.74, 6) is 1.36. The van der Waals surface area contributed by atoms with Crippen LogP contribution < -0.4 is 10.1 Å². The van der Waals surface area contributed by atoms with E-state index in [-0.39, 0.29) is 18.3 Å². The largest absolute Gasteiger partial charge is 0.485 e. The summed E-state index contributed by atoms with van der Waals surface area (Å²) >= 11 is 3.56. The van der Waals surface area contributed by atoms with Gasteiger partial charge in [0, 0.05) is 5.69 Å². The molecule has 0 saturated carbocycles. The first-order valence-electron chi connectivity index (χ1n) is 10.7. The third-order valence-electron chi connectivity index (χ3n) is 5.46. The third-order valence-corrected chi connectivity index (χ3v) is 6.61. The first-order chi connectivity index (χ1) is 15.8. The lowest BCUT2D eigenvalue weighted by molar-refractivity contribution is 0.0992. The number of benzene rings is 2. The van der Waals surface area contributed by atoms with Crippen molar-refractivity contribution < 1.29 is 13.9 Å². The fourth-order valence-corrected chi connectivity index (χ4v) is 3.97. The van der Waals surface area contributed by atoms with Crippen molar-refractivity contribution in [2.75, 3.05) is 5.32 Å². The number of anilines is 1. The molecule has 0 atom stereocenters. The number of aryl methyl sites for hydroxylation is 3. The van der Waals surface area contributed by atoms with Crippen molar-refractivity contribution in [3.8, 4) is 5.75 Å². The zero-order valence-corrected chi connectivity index (χ0v) is 20.7. The minimum absolute atomic E-state index is 0.239. The van der Waals surface area contributed by atoms with Crippen LogP contribution in [0.15, 0.2) is 63.5 Å². The first-order valence-corrected chi connectivity index (χ1v) is 11.5. The Morgan fingerprint density at radius 3 is 2.48 bits per heavy atom. The van der Waals surface area contributed by atoms with Gasteiger partial charge in [-0.3, -0.25) is 9.48 Å². The second-order valence-corrected chi connectivity index (χ2v) is 8.87. The lowest BCUT2D eigenvalue weighted by Gasteiger charge is -2.10. The van der Waals surface area contributed by atoms with Gasteiger partial charge in [0.2, 0.25) is 0 Å². The van der Waals surface area contributed by atoms with E-state index < -0.39 is 0 Å².